The Bertz CT molecular complexity index is 928. The van der Waals surface area contributed by atoms with E-state index in [1.807, 2.05) is 11.3 Å². The summed E-state index contributed by atoms with van der Waals surface area (Å²) in [6.07, 6.45) is 2.35. The van der Waals surface area contributed by atoms with Gasteiger partial charge in [-0.25, -0.2) is 0 Å². The number of benzene rings is 2. The van der Waals surface area contributed by atoms with Crippen LogP contribution >= 0.6 is 11.3 Å². The quantitative estimate of drug-likeness (QED) is 0.598. The SMILES string of the molecule is c1ccc(CC2COC(N3CCN(CCc4csc5ccccc45)CC3)CO2)cc1. The monoisotopic (exact) mass is 422 g/mol. The first-order chi connectivity index (χ1) is 14.8. The Labute approximate surface area is 183 Å². The molecule has 2 fully saturated rings. The molecule has 0 radical (unpaired) electrons. The van der Waals surface area contributed by atoms with Gasteiger partial charge < -0.3 is 14.4 Å². The molecule has 2 aliphatic heterocycles. The Balaban J connectivity index is 1.05. The van der Waals surface area contributed by atoms with Crippen LogP contribution in [0.3, 0.4) is 0 Å². The molecule has 3 heterocycles. The lowest BCUT2D eigenvalue weighted by Crippen LogP contribution is -2.55. The lowest BCUT2D eigenvalue weighted by molar-refractivity contribution is -0.189. The van der Waals surface area contributed by atoms with Crippen LogP contribution in [-0.2, 0) is 22.3 Å². The number of hydrogen-bond acceptors (Lipinski definition) is 5. The van der Waals surface area contributed by atoms with Crippen molar-refractivity contribution in [3.8, 4) is 0 Å². The van der Waals surface area contributed by atoms with Crippen LogP contribution in [0.5, 0.6) is 0 Å². The minimum absolute atomic E-state index is 0.111. The van der Waals surface area contributed by atoms with Gasteiger partial charge in [-0.05, 0) is 34.4 Å². The summed E-state index contributed by atoms with van der Waals surface area (Å²) < 4.78 is 13.7. The fraction of sp³-hybridized carbons (Fsp3) is 0.440. The van der Waals surface area contributed by atoms with Crippen LogP contribution in [0.4, 0.5) is 0 Å². The number of ether oxygens (including phenoxy) is 2. The number of thiophene rings is 1. The number of rotatable bonds is 6. The van der Waals surface area contributed by atoms with Gasteiger partial charge in [-0.15, -0.1) is 11.3 Å². The number of piperazine rings is 1. The topological polar surface area (TPSA) is 24.9 Å². The molecule has 3 aromatic rings. The molecule has 2 aliphatic rings. The van der Waals surface area contributed by atoms with Crippen molar-refractivity contribution in [1.82, 2.24) is 9.80 Å². The van der Waals surface area contributed by atoms with E-state index in [1.165, 1.54) is 21.2 Å². The van der Waals surface area contributed by atoms with E-state index < -0.39 is 0 Å². The van der Waals surface area contributed by atoms with Crippen molar-refractivity contribution in [2.24, 2.45) is 0 Å². The van der Waals surface area contributed by atoms with E-state index in [4.69, 9.17) is 9.47 Å². The van der Waals surface area contributed by atoms with Crippen molar-refractivity contribution in [3.05, 3.63) is 71.1 Å². The summed E-state index contributed by atoms with van der Waals surface area (Å²) in [5.41, 5.74) is 2.81. The van der Waals surface area contributed by atoms with Crippen molar-refractivity contribution in [3.63, 3.8) is 0 Å². The maximum Gasteiger partial charge on any atom is 0.134 e. The average molecular weight is 423 g/mol. The largest absolute Gasteiger partial charge is 0.371 e. The standard InChI is InChI=1S/C25H30N2O2S/c1-2-6-20(7-3-1)16-22-17-29-25(18-28-22)27-14-12-26(13-15-27)11-10-21-19-30-24-9-5-4-8-23(21)24/h1-9,19,22,25H,10-18H2. The maximum atomic E-state index is 6.19. The van der Waals surface area contributed by atoms with Gasteiger partial charge in [-0.1, -0.05) is 48.5 Å². The summed E-state index contributed by atoms with van der Waals surface area (Å²) in [6, 6.07) is 19.3. The number of hydrogen-bond donors (Lipinski definition) is 0. The van der Waals surface area contributed by atoms with Crippen LogP contribution in [0.25, 0.3) is 10.1 Å². The first kappa shape index (κ1) is 20.2. The molecule has 2 aromatic carbocycles. The predicted octanol–water partition coefficient (Wildman–Crippen LogP) is 4.05. The molecule has 158 valence electrons. The smallest absolute Gasteiger partial charge is 0.134 e. The van der Waals surface area contributed by atoms with Crippen LogP contribution in [0.1, 0.15) is 11.1 Å². The van der Waals surface area contributed by atoms with E-state index in [0.717, 1.165) is 45.6 Å². The maximum absolute atomic E-state index is 6.19. The van der Waals surface area contributed by atoms with Gasteiger partial charge in [0.2, 0.25) is 0 Å². The van der Waals surface area contributed by atoms with Gasteiger partial charge in [0.1, 0.15) is 6.23 Å². The highest BCUT2D eigenvalue weighted by atomic mass is 32.1. The Morgan fingerprint density at radius 3 is 2.47 bits per heavy atom. The van der Waals surface area contributed by atoms with E-state index in [0.29, 0.717) is 13.2 Å². The summed E-state index contributed by atoms with van der Waals surface area (Å²) in [4.78, 5) is 5.04. The summed E-state index contributed by atoms with van der Waals surface area (Å²) in [5.74, 6) is 0. The van der Waals surface area contributed by atoms with Gasteiger partial charge >= 0.3 is 0 Å². The molecule has 0 aliphatic carbocycles. The summed E-state index contributed by atoms with van der Waals surface area (Å²) in [7, 11) is 0. The summed E-state index contributed by atoms with van der Waals surface area (Å²) in [6.45, 7) is 6.83. The minimum atomic E-state index is 0.111. The number of fused-ring (bicyclic) bond motifs is 1. The molecular weight excluding hydrogens is 392 g/mol. The Morgan fingerprint density at radius 1 is 0.867 bits per heavy atom. The minimum Gasteiger partial charge on any atom is -0.371 e. The lowest BCUT2D eigenvalue weighted by atomic mass is 10.1. The van der Waals surface area contributed by atoms with Crippen LogP contribution < -0.4 is 0 Å². The van der Waals surface area contributed by atoms with E-state index in [1.54, 1.807) is 0 Å². The molecule has 2 unspecified atom stereocenters. The van der Waals surface area contributed by atoms with Crippen molar-refractivity contribution in [2.75, 3.05) is 45.9 Å². The molecule has 0 saturated carbocycles. The second-order valence-electron chi connectivity index (χ2n) is 8.32. The molecule has 5 rings (SSSR count). The van der Waals surface area contributed by atoms with Crippen molar-refractivity contribution < 1.29 is 9.47 Å². The summed E-state index contributed by atoms with van der Waals surface area (Å²) in [5, 5.41) is 3.76. The second kappa shape index (κ2) is 9.58. The molecule has 0 N–H and O–H groups in total. The molecule has 0 amide bonds. The van der Waals surface area contributed by atoms with Gasteiger partial charge in [0.15, 0.2) is 0 Å². The third kappa shape index (κ3) is 4.76. The molecular formula is C25H30N2O2S. The lowest BCUT2D eigenvalue weighted by Gasteiger charge is -2.41. The van der Waals surface area contributed by atoms with Gasteiger partial charge in [-0.2, -0.15) is 0 Å². The highest BCUT2D eigenvalue weighted by Crippen LogP contribution is 2.26. The molecule has 1 aromatic heterocycles. The Morgan fingerprint density at radius 2 is 1.67 bits per heavy atom. The third-order valence-electron chi connectivity index (χ3n) is 6.33. The summed E-state index contributed by atoms with van der Waals surface area (Å²) >= 11 is 1.86. The molecule has 0 bridgehead atoms. The number of nitrogens with zero attached hydrogens (tertiary/aromatic N) is 2. The van der Waals surface area contributed by atoms with Crippen molar-refractivity contribution in [2.45, 2.75) is 25.2 Å². The zero-order chi connectivity index (χ0) is 20.2. The van der Waals surface area contributed by atoms with Crippen LogP contribution in [0.2, 0.25) is 0 Å². The fourth-order valence-corrected chi connectivity index (χ4v) is 5.52. The fourth-order valence-electron chi connectivity index (χ4n) is 4.52. The van der Waals surface area contributed by atoms with Gasteiger partial charge in [0.05, 0.1) is 19.3 Å². The van der Waals surface area contributed by atoms with Gasteiger partial charge in [0.25, 0.3) is 0 Å². The van der Waals surface area contributed by atoms with Crippen LogP contribution in [0, 0.1) is 0 Å². The first-order valence-electron chi connectivity index (χ1n) is 11.0. The molecule has 0 spiro atoms. The first-order valence-corrected chi connectivity index (χ1v) is 11.9. The highest BCUT2D eigenvalue weighted by molar-refractivity contribution is 7.17. The zero-order valence-electron chi connectivity index (χ0n) is 17.4. The average Bonchev–Trinajstić information content (AvgIpc) is 3.22. The molecule has 2 saturated heterocycles. The van der Waals surface area contributed by atoms with Gasteiger partial charge in [-0.3, -0.25) is 4.90 Å². The van der Waals surface area contributed by atoms with Gasteiger partial charge in [0, 0.05) is 43.8 Å². The molecule has 4 nitrogen and oxygen atoms in total. The van der Waals surface area contributed by atoms with Crippen molar-refractivity contribution in [1.29, 1.82) is 0 Å². The zero-order valence-corrected chi connectivity index (χ0v) is 18.2. The van der Waals surface area contributed by atoms with Crippen molar-refractivity contribution >= 4 is 21.4 Å². The third-order valence-corrected chi connectivity index (χ3v) is 7.34. The highest BCUT2D eigenvalue weighted by Gasteiger charge is 2.29. The Kier molecular flexibility index (Phi) is 6.44. The van der Waals surface area contributed by atoms with Crippen LogP contribution in [0.15, 0.2) is 60.0 Å². The van der Waals surface area contributed by atoms with E-state index in [-0.39, 0.29) is 12.3 Å². The normalized spacial score (nSPS) is 23.7. The Hall–Kier alpha value is -1.76. The molecule has 5 heteroatoms. The van der Waals surface area contributed by atoms with E-state index in [2.05, 4.69) is 69.8 Å². The second-order valence-corrected chi connectivity index (χ2v) is 9.23. The van der Waals surface area contributed by atoms with E-state index >= 15 is 0 Å². The predicted molar refractivity (Wildman–Crippen MR) is 123 cm³/mol. The molecule has 30 heavy (non-hydrogen) atoms. The molecule has 2 atom stereocenters. The van der Waals surface area contributed by atoms with Crippen LogP contribution in [-0.4, -0.2) is 68.1 Å². The van der Waals surface area contributed by atoms with E-state index in [9.17, 15) is 0 Å².